The van der Waals surface area contributed by atoms with Crippen molar-refractivity contribution in [2.75, 3.05) is 12.8 Å². The number of carbonyl (C=O) groups is 1. The fraction of sp³-hybridized carbons (Fsp3) is 0.500. The van der Waals surface area contributed by atoms with Gasteiger partial charge < -0.3 is 15.0 Å². The molecule has 0 aliphatic rings. The summed E-state index contributed by atoms with van der Waals surface area (Å²) in [6.45, 7) is 8.15. The highest BCUT2D eigenvalue weighted by Gasteiger charge is 2.30. The van der Waals surface area contributed by atoms with Crippen LogP contribution in [0.2, 0.25) is 0 Å². The maximum absolute atomic E-state index is 12.2. The van der Waals surface area contributed by atoms with Crippen LogP contribution in [0.5, 0.6) is 0 Å². The van der Waals surface area contributed by atoms with Crippen LogP contribution in [0.4, 0.5) is 5.69 Å². The summed E-state index contributed by atoms with van der Waals surface area (Å²) in [5.74, 6) is 0.928. The number of carbonyl (C=O) groups excluding carboxylic acids is 1. The fourth-order valence-corrected chi connectivity index (χ4v) is 2.63. The van der Waals surface area contributed by atoms with Gasteiger partial charge in [-0.15, -0.1) is 0 Å². The molecule has 0 amide bonds. The normalized spacial score (nSPS) is 13.1. The predicted octanol–water partition coefficient (Wildman–Crippen LogP) is 3.11. The smallest absolute Gasteiger partial charge is 0.329 e. The van der Waals surface area contributed by atoms with E-state index in [4.69, 9.17) is 10.5 Å². The van der Waals surface area contributed by atoms with Gasteiger partial charge in [0.2, 0.25) is 0 Å². The first kappa shape index (κ1) is 15.4. The van der Waals surface area contributed by atoms with Crippen LogP contribution in [0.25, 0.3) is 11.0 Å². The molecule has 0 aliphatic carbocycles. The predicted molar refractivity (Wildman–Crippen MR) is 84.1 cm³/mol. The van der Waals surface area contributed by atoms with Crippen LogP contribution in [0, 0.1) is 5.92 Å². The van der Waals surface area contributed by atoms with Crippen LogP contribution in [0.3, 0.4) is 0 Å². The summed E-state index contributed by atoms with van der Waals surface area (Å²) in [7, 11) is 1.42. The van der Waals surface area contributed by atoms with E-state index in [1.165, 1.54) is 7.11 Å². The van der Waals surface area contributed by atoms with E-state index >= 15 is 0 Å². The SMILES string of the molecule is COC(=O)C(C(C)C)n1c(C(C)C)nc2cc(N)ccc21. The molecular formula is C16H23N3O2. The van der Waals surface area contributed by atoms with E-state index in [1.807, 2.05) is 36.6 Å². The van der Waals surface area contributed by atoms with Gasteiger partial charge >= 0.3 is 5.97 Å². The van der Waals surface area contributed by atoms with Gasteiger partial charge in [0.05, 0.1) is 18.1 Å². The van der Waals surface area contributed by atoms with E-state index in [9.17, 15) is 4.79 Å². The third kappa shape index (κ3) is 2.73. The molecular weight excluding hydrogens is 266 g/mol. The number of nitrogens with zero attached hydrogens (tertiary/aromatic N) is 2. The summed E-state index contributed by atoms with van der Waals surface area (Å²) in [4.78, 5) is 16.9. The Labute approximate surface area is 125 Å². The Balaban J connectivity index is 2.74. The molecule has 0 aliphatic heterocycles. The minimum Gasteiger partial charge on any atom is -0.467 e. The Bertz CT molecular complexity index is 659. The lowest BCUT2D eigenvalue weighted by molar-refractivity contribution is -0.146. The van der Waals surface area contributed by atoms with Crippen molar-refractivity contribution in [3.63, 3.8) is 0 Å². The summed E-state index contributed by atoms with van der Waals surface area (Å²) < 4.78 is 6.99. The van der Waals surface area contributed by atoms with Gasteiger partial charge in [0.25, 0.3) is 0 Å². The second-order valence-electron chi connectivity index (χ2n) is 5.95. The second-order valence-corrected chi connectivity index (χ2v) is 5.95. The molecule has 2 aromatic rings. The number of hydrogen-bond acceptors (Lipinski definition) is 4. The van der Waals surface area contributed by atoms with E-state index in [2.05, 4.69) is 18.8 Å². The number of nitrogens with two attached hydrogens (primary N) is 1. The minimum absolute atomic E-state index is 0.102. The van der Waals surface area contributed by atoms with Gasteiger partial charge in [-0.25, -0.2) is 9.78 Å². The van der Waals surface area contributed by atoms with Crippen molar-refractivity contribution in [2.45, 2.75) is 39.7 Å². The third-order valence-corrected chi connectivity index (χ3v) is 3.61. The Kier molecular flexibility index (Phi) is 4.21. The van der Waals surface area contributed by atoms with Crippen LogP contribution < -0.4 is 5.73 Å². The zero-order valence-electron chi connectivity index (χ0n) is 13.3. The van der Waals surface area contributed by atoms with Crippen LogP contribution in [-0.2, 0) is 9.53 Å². The topological polar surface area (TPSA) is 70.1 Å². The highest BCUT2D eigenvalue weighted by Crippen LogP contribution is 2.31. The Morgan fingerprint density at radius 1 is 1.29 bits per heavy atom. The second kappa shape index (κ2) is 5.76. The highest BCUT2D eigenvalue weighted by atomic mass is 16.5. The molecule has 0 saturated heterocycles. The number of nitrogen functional groups attached to an aromatic ring is 1. The number of imidazole rings is 1. The van der Waals surface area contributed by atoms with Crippen LogP contribution in [0.15, 0.2) is 18.2 Å². The third-order valence-electron chi connectivity index (χ3n) is 3.61. The van der Waals surface area contributed by atoms with Crippen molar-refractivity contribution in [1.29, 1.82) is 0 Å². The molecule has 1 heterocycles. The summed E-state index contributed by atoms with van der Waals surface area (Å²) >= 11 is 0. The lowest BCUT2D eigenvalue weighted by Crippen LogP contribution is -2.27. The van der Waals surface area contributed by atoms with Gasteiger partial charge in [-0.3, -0.25) is 0 Å². The number of fused-ring (bicyclic) bond motifs is 1. The maximum Gasteiger partial charge on any atom is 0.329 e. The van der Waals surface area contributed by atoms with Crippen LogP contribution >= 0.6 is 0 Å². The summed E-state index contributed by atoms with van der Waals surface area (Å²) in [6, 6.07) is 5.20. The number of anilines is 1. The van der Waals surface area contributed by atoms with E-state index in [1.54, 1.807) is 0 Å². The average molecular weight is 289 g/mol. The number of rotatable bonds is 4. The van der Waals surface area contributed by atoms with Gasteiger partial charge in [0.1, 0.15) is 11.9 Å². The molecule has 114 valence electrons. The molecule has 0 spiro atoms. The van der Waals surface area contributed by atoms with Gasteiger partial charge in [-0.05, 0) is 24.1 Å². The summed E-state index contributed by atoms with van der Waals surface area (Å²) in [5, 5.41) is 0. The lowest BCUT2D eigenvalue weighted by Gasteiger charge is -2.24. The summed E-state index contributed by atoms with van der Waals surface area (Å²) in [6.07, 6.45) is 0. The quantitative estimate of drug-likeness (QED) is 0.693. The average Bonchev–Trinajstić information content (AvgIpc) is 2.77. The first-order valence-electron chi connectivity index (χ1n) is 7.22. The molecule has 1 unspecified atom stereocenters. The maximum atomic E-state index is 12.2. The molecule has 1 atom stereocenters. The zero-order valence-corrected chi connectivity index (χ0v) is 13.3. The number of esters is 1. The van der Waals surface area contributed by atoms with Crippen molar-refractivity contribution in [3.05, 3.63) is 24.0 Å². The highest BCUT2D eigenvalue weighted by molar-refractivity contribution is 5.83. The Morgan fingerprint density at radius 2 is 1.95 bits per heavy atom. The fourth-order valence-electron chi connectivity index (χ4n) is 2.63. The van der Waals surface area contributed by atoms with Crippen molar-refractivity contribution >= 4 is 22.7 Å². The van der Waals surface area contributed by atoms with Crippen LogP contribution in [0.1, 0.15) is 45.5 Å². The standard InChI is InChI=1S/C16H23N3O2/c1-9(2)14(16(20)21-5)19-13-7-6-11(17)8-12(13)18-15(19)10(3)4/h6-10,14H,17H2,1-5H3. The van der Waals surface area contributed by atoms with Gasteiger partial charge in [-0.1, -0.05) is 27.7 Å². The number of methoxy groups -OCH3 is 1. The zero-order chi connectivity index (χ0) is 15.7. The van der Waals surface area contributed by atoms with Crippen molar-refractivity contribution in [3.8, 4) is 0 Å². The van der Waals surface area contributed by atoms with E-state index in [0.717, 1.165) is 16.9 Å². The molecule has 5 heteroatoms. The monoisotopic (exact) mass is 289 g/mol. The van der Waals surface area contributed by atoms with Crippen molar-refractivity contribution in [1.82, 2.24) is 9.55 Å². The van der Waals surface area contributed by atoms with E-state index in [-0.39, 0.29) is 23.8 Å². The van der Waals surface area contributed by atoms with Crippen molar-refractivity contribution < 1.29 is 9.53 Å². The lowest BCUT2D eigenvalue weighted by atomic mass is 10.0. The summed E-state index contributed by atoms with van der Waals surface area (Å²) in [5.41, 5.74) is 8.24. The number of benzene rings is 1. The molecule has 2 rings (SSSR count). The molecule has 0 bridgehead atoms. The minimum atomic E-state index is -0.388. The molecule has 1 aromatic heterocycles. The molecule has 0 saturated carbocycles. The number of ether oxygens (including phenoxy) is 1. The molecule has 5 nitrogen and oxygen atoms in total. The number of aromatic nitrogens is 2. The van der Waals surface area contributed by atoms with Gasteiger partial charge in [0, 0.05) is 11.6 Å². The number of hydrogen-bond donors (Lipinski definition) is 1. The largest absolute Gasteiger partial charge is 0.467 e. The molecule has 2 N–H and O–H groups in total. The Hall–Kier alpha value is -2.04. The first-order valence-corrected chi connectivity index (χ1v) is 7.22. The van der Waals surface area contributed by atoms with Gasteiger partial charge in [-0.2, -0.15) is 0 Å². The Morgan fingerprint density at radius 3 is 2.48 bits per heavy atom. The van der Waals surface area contributed by atoms with E-state index in [0.29, 0.717) is 5.69 Å². The van der Waals surface area contributed by atoms with Crippen LogP contribution in [-0.4, -0.2) is 22.6 Å². The first-order chi connectivity index (χ1) is 9.86. The van der Waals surface area contributed by atoms with Crippen molar-refractivity contribution in [2.24, 2.45) is 5.92 Å². The van der Waals surface area contributed by atoms with Gasteiger partial charge in [0.15, 0.2) is 0 Å². The van der Waals surface area contributed by atoms with E-state index < -0.39 is 0 Å². The molecule has 0 radical (unpaired) electrons. The molecule has 0 fully saturated rings. The molecule has 21 heavy (non-hydrogen) atoms. The molecule has 1 aromatic carbocycles.